The monoisotopic (exact) mass is 300 g/mol. The molecule has 5 nitrogen and oxygen atoms in total. The lowest BCUT2D eigenvalue weighted by atomic mass is 9.97. The van der Waals surface area contributed by atoms with Crippen molar-refractivity contribution in [1.82, 2.24) is 10.2 Å². The molecule has 0 bridgehead atoms. The first-order valence-electron chi connectivity index (χ1n) is 6.29. The normalized spacial score (nSPS) is 10.8. The van der Waals surface area contributed by atoms with Crippen LogP contribution in [0.3, 0.4) is 0 Å². The van der Waals surface area contributed by atoms with E-state index in [1.807, 2.05) is 30.5 Å². The summed E-state index contributed by atoms with van der Waals surface area (Å²) in [5.41, 5.74) is 2.15. The number of thiophene rings is 1. The Bertz CT molecular complexity index is 806. The standard InChI is InChI=1S/C15H12N2O3S/c1-8-5-6-9(2)12(15(18)19)11(8)14-17-16-13(20-14)10-4-3-7-21-10/h3-7H,1-2H3,(H,18,19). The Morgan fingerprint density at radius 3 is 2.52 bits per heavy atom. The van der Waals surface area contributed by atoms with Crippen molar-refractivity contribution in [2.45, 2.75) is 13.8 Å². The van der Waals surface area contributed by atoms with Gasteiger partial charge in [0, 0.05) is 0 Å². The Labute approximate surface area is 124 Å². The van der Waals surface area contributed by atoms with E-state index in [-0.39, 0.29) is 11.5 Å². The fourth-order valence-corrected chi connectivity index (χ4v) is 2.83. The number of aromatic carboxylic acids is 1. The highest BCUT2D eigenvalue weighted by atomic mass is 32.1. The SMILES string of the molecule is Cc1ccc(C)c(-c2nnc(-c3cccs3)o2)c1C(=O)O. The number of hydrogen-bond donors (Lipinski definition) is 1. The van der Waals surface area contributed by atoms with E-state index in [0.29, 0.717) is 17.0 Å². The van der Waals surface area contributed by atoms with Crippen LogP contribution in [0.4, 0.5) is 0 Å². The van der Waals surface area contributed by atoms with Crippen LogP contribution in [0, 0.1) is 13.8 Å². The summed E-state index contributed by atoms with van der Waals surface area (Å²) in [6.07, 6.45) is 0. The third-order valence-electron chi connectivity index (χ3n) is 3.21. The summed E-state index contributed by atoms with van der Waals surface area (Å²) >= 11 is 1.49. The summed E-state index contributed by atoms with van der Waals surface area (Å²) in [7, 11) is 0. The average Bonchev–Trinajstić information content (AvgIpc) is 3.10. The van der Waals surface area contributed by atoms with E-state index in [4.69, 9.17) is 4.42 Å². The van der Waals surface area contributed by atoms with Crippen molar-refractivity contribution in [2.24, 2.45) is 0 Å². The molecule has 0 spiro atoms. The Morgan fingerprint density at radius 2 is 1.86 bits per heavy atom. The molecule has 0 aliphatic rings. The van der Waals surface area contributed by atoms with Crippen molar-refractivity contribution in [1.29, 1.82) is 0 Å². The maximum absolute atomic E-state index is 11.5. The Hall–Kier alpha value is -2.47. The van der Waals surface area contributed by atoms with Crippen molar-refractivity contribution in [3.05, 3.63) is 46.3 Å². The smallest absolute Gasteiger partial charge is 0.336 e. The molecule has 3 aromatic rings. The molecule has 106 valence electrons. The van der Waals surface area contributed by atoms with Crippen LogP contribution in [0.15, 0.2) is 34.1 Å². The zero-order valence-corrected chi connectivity index (χ0v) is 12.3. The largest absolute Gasteiger partial charge is 0.478 e. The highest BCUT2D eigenvalue weighted by Crippen LogP contribution is 2.32. The van der Waals surface area contributed by atoms with E-state index in [1.54, 1.807) is 13.0 Å². The van der Waals surface area contributed by atoms with Gasteiger partial charge in [-0.25, -0.2) is 4.79 Å². The van der Waals surface area contributed by atoms with Gasteiger partial charge in [0.2, 0.25) is 5.89 Å². The summed E-state index contributed by atoms with van der Waals surface area (Å²) in [6.45, 7) is 3.58. The van der Waals surface area contributed by atoms with Crippen molar-refractivity contribution in [2.75, 3.05) is 0 Å². The fraction of sp³-hybridized carbons (Fsp3) is 0.133. The van der Waals surface area contributed by atoms with Crippen molar-refractivity contribution in [3.8, 4) is 22.2 Å². The highest BCUT2D eigenvalue weighted by Gasteiger charge is 2.22. The molecule has 1 N–H and O–H groups in total. The number of hydrogen-bond acceptors (Lipinski definition) is 5. The Balaban J connectivity index is 2.17. The first-order chi connectivity index (χ1) is 10.1. The van der Waals surface area contributed by atoms with Gasteiger partial charge >= 0.3 is 5.97 Å². The van der Waals surface area contributed by atoms with E-state index in [0.717, 1.165) is 10.4 Å². The number of aromatic nitrogens is 2. The highest BCUT2D eigenvalue weighted by molar-refractivity contribution is 7.13. The second kappa shape index (κ2) is 5.14. The van der Waals surface area contributed by atoms with Gasteiger partial charge in [-0.1, -0.05) is 18.2 Å². The molecule has 0 fully saturated rings. The molecular weight excluding hydrogens is 288 g/mol. The predicted octanol–water partition coefficient (Wildman–Crippen LogP) is 3.78. The second-order valence-corrected chi connectivity index (χ2v) is 5.59. The molecule has 0 amide bonds. The molecule has 1 aromatic carbocycles. The molecule has 0 atom stereocenters. The molecule has 2 aromatic heterocycles. The van der Waals surface area contributed by atoms with Gasteiger partial charge in [0.15, 0.2) is 0 Å². The summed E-state index contributed by atoms with van der Waals surface area (Å²) in [4.78, 5) is 12.4. The number of nitrogens with zero attached hydrogens (tertiary/aromatic N) is 2. The van der Waals surface area contributed by atoms with Crippen LogP contribution in [0.5, 0.6) is 0 Å². The summed E-state index contributed by atoms with van der Waals surface area (Å²) < 4.78 is 5.67. The summed E-state index contributed by atoms with van der Waals surface area (Å²) in [5.74, 6) is -0.365. The van der Waals surface area contributed by atoms with Gasteiger partial charge in [-0.05, 0) is 36.4 Å². The molecule has 0 unspecified atom stereocenters. The lowest BCUT2D eigenvalue weighted by Gasteiger charge is -2.08. The van der Waals surface area contributed by atoms with Crippen molar-refractivity contribution in [3.63, 3.8) is 0 Å². The maximum atomic E-state index is 11.5. The van der Waals surface area contributed by atoms with Gasteiger partial charge < -0.3 is 9.52 Å². The van der Waals surface area contributed by atoms with E-state index in [9.17, 15) is 9.90 Å². The van der Waals surface area contributed by atoms with Crippen LogP contribution < -0.4 is 0 Å². The van der Waals surface area contributed by atoms with Crippen LogP contribution in [-0.2, 0) is 0 Å². The van der Waals surface area contributed by atoms with Crippen molar-refractivity contribution < 1.29 is 14.3 Å². The van der Waals surface area contributed by atoms with Gasteiger partial charge in [-0.3, -0.25) is 0 Å². The second-order valence-electron chi connectivity index (χ2n) is 4.64. The van der Waals surface area contributed by atoms with Gasteiger partial charge in [-0.15, -0.1) is 21.5 Å². The minimum absolute atomic E-state index is 0.205. The van der Waals surface area contributed by atoms with E-state index >= 15 is 0 Å². The van der Waals surface area contributed by atoms with Crippen LogP contribution in [0.1, 0.15) is 21.5 Å². The zero-order valence-electron chi connectivity index (χ0n) is 11.5. The zero-order chi connectivity index (χ0) is 15.0. The van der Waals surface area contributed by atoms with Gasteiger partial charge in [0.05, 0.1) is 16.0 Å². The van der Waals surface area contributed by atoms with E-state index in [2.05, 4.69) is 10.2 Å². The lowest BCUT2D eigenvalue weighted by Crippen LogP contribution is -2.04. The first-order valence-corrected chi connectivity index (χ1v) is 7.17. The first kappa shape index (κ1) is 13.5. The van der Waals surface area contributed by atoms with Crippen LogP contribution in [-0.4, -0.2) is 21.3 Å². The molecule has 3 rings (SSSR count). The molecule has 0 saturated carbocycles. The van der Waals surface area contributed by atoms with E-state index < -0.39 is 5.97 Å². The topological polar surface area (TPSA) is 76.2 Å². The maximum Gasteiger partial charge on any atom is 0.336 e. The third kappa shape index (κ3) is 2.34. The van der Waals surface area contributed by atoms with Gasteiger partial charge in [0.25, 0.3) is 5.89 Å². The summed E-state index contributed by atoms with van der Waals surface area (Å²) in [6, 6.07) is 7.40. The number of rotatable bonds is 3. The molecule has 21 heavy (non-hydrogen) atoms. The summed E-state index contributed by atoms with van der Waals surface area (Å²) in [5, 5.41) is 19.4. The number of carboxylic acid groups (broad SMARTS) is 1. The lowest BCUT2D eigenvalue weighted by molar-refractivity contribution is 0.0696. The molecule has 0 aliphatic heterocycles. The molecule has 6 heteroatoms. The average molecular weight is 300 g/mol. The van der Waals surface area contributed by atoms with Crippen LogP contribution in [0.2, 0.25) is 0 Å². The van der Waals surface area contributed by atoms with Crippen LogP contribution in [0.25, 0.3) is 22.2 Å². The van der Waals surface area contributed by atoms with Crippen molar-refractivity contribution >= 4 is 17.3 Å². The number of aryl methyl sites for hydroxylation is 2. The Kier molecular flexibility index (Phi) is 3.31. The molecule has 0 radical (unpaired) electrons. The predicted molar refractivity (Wildman–Crippen MR) is 79.5 cm³/mol. The van der Waals surface area contributed by atoms with Gasteiger partial charge in [-0.2, -0.15) is 0 Å². The quantitative estimate of drug-likeness (QED) is 0.796. The number of carboxylic acids is 1. The number of carbonyl (C=O) groups is 1. The molecular formula is C15H12N2O3S. The molecule has 2 heterocycles. The van der Waals surface area contributed by atoms with E-state index in [1.165, 1.54) is 11.3 Å². The van der Waals surface area contributed by atoms with Gasteiger partial charge in [0.1, 0.15) is 0 Å². The molecule has 0 saturated heterocycles. The van der Waals surface area contributed by atoms with Crippen LogP contribution >= 0.6 is 11.3 Å². The minimum Gasteiger partial charge on any atom is -0.478 e. The minimum atomic E-state index is -0.998. The third-order valence-corrected chi connectivity index (χ3v) is 4.06. The molecule has 0 aliphatic carbocycles. The number of benzene rings is 1. The Morgan fingerprint density at radius 1 is 1.14 bits per heavy atom. The fourth-order valence-electron chi connectivity index (χ4n) is 2.19.